The third kappa shape index (κ3) is 6.05. The van der Waals surface area contributed by atoms with Gasteiger partial charge in [0.1, 0.15) is 12.6 Å². The molecule has 2 amide bonds. The first kappa shape index (κ1) is 33.5. The fourth-order valence-corrected chi connectivity index (χ4v) is 8.17. The van der Waals surface area contributed by atoms with Gasteiger partial charge in [-0.05, 0) is 46.4 Å². The standard InChI is InChI=1S/C35H33N5O11S/c41-30-20-38(12-13-46-14-15-47-16-17-48-33-35(40(43)51-37-33)52(44,45)23-6-2-1-3-7-23)34(42)27-19-25-24-8-4-5-9-26(24)36-31(25)32(39(27)30)22-10-11-28-29(18-22)50-21-49-28/h1-11,18,27,32,36H,12-17,19-21H2/t27-,32-/m1/s1. The monoisotopic (exact) mass is 731 g/mol. The molecule has 3 aromatic carbocycles. The van der Waals surface area contributed by atoms with Crippen LogP contribution in [0.4, 0.5) is 0 Å². The van der Waals surface area contributed by atoms with Crippen LogP contribution in [-0.2, 0) is 35.3 Å². The highest BCUT2D eigenvalue weighted by molar-refractivity contribution is 7.91. The molecule has 1 N–H and O–H groups in total. The number of nitrogens with zero attached hydrogens (tertiary/aromatic N) is 4. The van der Waals surface area contributed by atoms with Gasteiger partial charge in [-0.25, -0.2) is 8.42 Å². The molecule has 0 radical (unpaired) electrons. The zero-order valence-corrected chi connectivity index (χ0v) is 28.5. The van der Waals surface area contributed by atoms with Gasteiger partial charge in [0, 0.05) is 29.6 Å². The van der Waals surface area contributed by atoms with E-state index in [1.165, 1.54) is 29.2 Å². The number of carbonyl (C=O) groups is 2. The molecule has 8 rings (SSSR count). The van der Waals surface area contributed by atoms with Crippen molar-refractivity contribution in [2.24, 2.45) is 0 Å². The van der Waals surface area contributed by atoms with Crippen LogP contribution in [0.25, 0.3) is 10.9 Å². The number of rotatable bonds is 13. The maximum absolute atomic E-state index is 14.0. The number of aromatic nitrogens is 3. The number of amides is 2. The molecular formula is C35H33N5O11S. The highest BCUT2D eigenvalue weighted by Crippen LogP contribution is 2.45. The summed E-state index contributed by atoms with van der Waals surface area (Å²) < 4.78 is 58.0. The van der Waals surface area contributed by atoms with E-state index in [9.17, 15) is 23.2 Å². The lowest BCUT2D eigenvalue weighted by atomic mass is 9.86. The van der Waals surface area contributed by atoms with Crippen molar-refractivity contribution >= 4 is 32.6 Å². The Labute approximate surface area is 296 Å². The maximum Gasteiger partial charge on any atom is 0.415 e. The molecule has 52 heavy (non-hydrogen) atoms. The first-order valence-electron chi connectivity index (χ1n) is 16.6. The molecule has 2 aromatic heterocycles. The van der Waals surface area contributed by atoms with Crippen molar-refractivity contribution in [1.82, 2.24) is 19.9 Å². The van der Waals surface area contributed by atoms with E-state index in [0.29, 0.717) is 17.9 Å². The van der Waals surface area contributed by atoms with E-state index in [0.717, 1.165) is 27.7 Å². The van der Waals surface area contributed by atoms with Crippen molar-refractivity contribution in [3.05, 3.63) is 94.8 Å². The minimum Gasteiger partial charge on any atom is -0.454 e. The molecule has 0 saturated carbocycles. The summed E-state index contributed by atoms with van der Waals surface area (Å²) >= 11 is 0. The average Bonchev–Trinajstić information content (AvgIpc) is 3.89. The lowest BCUT2D eigenvalue weighted by Gasteiger charge is -2.47. The van der Waals surface area contributed by atoms with Gasteiger partial charge in [0.25, 0.3) is 9.84 Å². The number of H-pyrrole nitrogens is 1. The number of para-hydroxylation sites is 1. The smallest absolute Gasteiger partial charge is 0.415 e. The Hall–Kier alpha value is -5.65. The minimum absolute atomic E-state index is 0.0386. The van der Waals surface area contributed by atoms with Crippen molar-refractivity contribution < 1.29 is 51.2 Å². The van der Waals surface area contributed by atoms with Crippen LogP contribution in [0.1, 0.15) is 22.9 Å². The van der Waals surface area contributed by atoms with Crippen LogP contribution in [0.5, 0.6) is 17.4 Å². The van der Waals surface area contributed by atoms with E-state index in [1.54, 1.807) is 11.0 Å². The van der Waals surface area contributed by atoms with Gasteiger partial charge in [-0.2, -0.15) is 0 Å². The highest BCUT2D eigenvalue weighted by Gasteiger charge is 2.48. The van der Waals surface area contributed by atoms with Gasteiger partial charge in [0.05, 0.1) is 49.1 Å². The van der Waals surface area contributed by atoms with Crippen molar-refractivity contribution in [3.63, 3.8) is 0 Å². The molecule has 1 saturated heterocycles. The Morgan fingerprint density at radius 3 is 2.52 bits per heavy atom. The van der Waals surface area contributed by atoms with E-state index >= 15 is 0 Å². The number of hydrogen-bond donors (Lipinski definition) is 1. The summed E-state index contributed by atoms with van der Waals surface area (Å²) in [5.74, 6) is 0.431. The van der Waals surface area contributed by atoms with E-state index in [1.807, 2.05) is 42.5 Å². The SMILES string of the molecule is O=C1[C@H]2Cc3c([nH]c4ccccc34)[C@@H](c3ccc4c(c3)OCO4)N2C(=O)CN1CCOCCOCCOc1no[n+]([O-])c1S(=O)(=O)c1ccccc1. The number of fused-ring (bicyclic) bond motifs is 5. The first-order chi connectivity index (χ1) is 25.3. The summed E-state index contributed by atoms with van der Waals surface area (Å²) in [6.45, 7) is 0.717. The molecule has 2 atom stereocenters. The third-order valence-electron chi connectivity index (χ3n) is 9.25. The molecule has 5 heterocycles. The van der Waals surface area contributed by atoms with Crippen LogP contribution < -0.4 is 19.1 Å². The molecule has 0 bridgehead atoms. The summed E-state index contributed by atoms with van der Waals surface area (Å²) in [7, 11) is -4.23. The molecule has 17 heteroatoms. The van der Waals surface area contributed by atoms with Gasteiger partial charge in [0.2, 0.25) is 18.6 Å². The summed E-state index contributed by atoms with van der Waals surface area (Å²) in [5.41, 5.74) is 3.64. The molecule has 3 aliphatic heterocycles. The van der Waals surface area contributed by atoms with Crippen molar-refractivity contribution in [2.75, 3.05) is 52.9 Å². The lowest BCUT2D eigenvalue weighted by molar-refractivity contribution is -0.832. The molecule has 0 aliphatic carbocycles. The van der Waals surface area contributed by atoms with Gasteiger partial charge in [0.15, 0.2) is 11.5 Å². The number of hydrogen-bond acceptors (Lipinski definition) is 12. The Kier molecular flexibility index (Phi) is 8.90. The third-order valence-corrected chi connectivity index (χ3v) is 11.0. The highest BCUT2D eigenvalue weighted by atomic mass is 32.2. The van der Waals surface area contributed by atoms with E-state index < -0.39 is 32.8 Å². The zero-order chi connectivity index (χ0) is 35.8. The van der Waals surface area contributed by atoms with Crippen molar-refractivity contribution in [2.45, 2.75) is 28.4 Å². The Balaban J connectivity index is 0.850. The van der Waals surface area contributed by atoms with Crippen LogP contribution in [0.15, 0.2) is 87.3 Å². The van der Waals surface area contributed by atoms with Crippen LogP contribution in [0.2, 0.25) is 0 Å². The van der Waals surface area contributed by atoms with Crippen molar-refractivity contribution in [3.8, 4) is 17.4 Å². The largest absolute Gasteiger partial charge is 0.454 e. The molecular weight excluding hydrogens is 698 g/mol. The molecule has 3 aliphatic rings. The van der Waals surface area contributed by atoms with Crippen molar-refractivity contribution in [1.29, 1.82) is 0 Å². The van der Waals surface area contributed by atoms with Gasteiger partial charge in [-0.1, -0.05) is 42.5 Å². The first-order valence-corrected chi connectivity index (χ1v) is 18.1. The molecule has 0 unspecified atom stereocenters. The predicted molar refractivity (Wildman–Crippen MR) is 178 cm³/mol. The summed E-state index contributed by atoms with van der Waals surface area (Å²) in [6, 6.07) is 19.7. The number of ether oxygens (including phenoxy) is 5. The number of aromatic amines is 1. The Morgan fingerprint density at radius 2 is 1.67 bits per heavy atom. The molecule has 0 spiro atoms. The van der Waals surface area contributed by atoms with E-state index in [2.05, 4.69) is 14.8 Å². The van der Waals surface area contributed by atoms with Crippen LogP contribution in [-0.4, -0.2) is 99.1 Å². The topological polar surface area (TPSA) is 190 Å². The maximum atomic E-state index is 14.0. The number of sulfone groups is 1. The average molecular weight is 732 g/mol. The number of carbonyl (C=O) groups excluding carboxylic acids is 2. The van der Waals surface area contributed by atoms with Gasteiger partial charge < -0.3 is 43.7 Å². The summed E-state index contributed by atoms with van der Waals surface area (Å²) in [4.78, 5) is 34.3. The number of benzene rings is 3. The molecule has 5 aromatic rings. The fourth-order valence-electron chi connectivity index (χ4n) is 6.88. The quantitative estimate of drug-likeness (QED) is 0.137. The van der Waals surface area contributed by atoms with E-state index in [4.69, 9.17) is 23.7 Å². The Bertz CT molecular complexity index is 2240. The molecule has 16 nitrogen and oxygen atoms in total. The summed E-state index contributed by atoms with van der Waals surface area (Å²) in [5, 5.41) is 15.7. The zero-order valence-electron chi connectivity index (χ0n) is 27.6. The van der Waals surface area contributed by atoms with E-state index in [-0.39, 0.29) is 74.5 Å². The van der Waals surface area contributed by atoms with Gasteiger partial charge in [-0.3, -0.25) is 14.2 Å². The molecule has 270 valence electrons. The summed E-state index contributed by atoms with van der Waals surface area (Å²) in [6.07, 6.45) is 0.376. The second kappa shape index (κ2) is 13.8. The van der Waals surface area contributed by atoms with Crippen LogP contribution in [0.3, 0.4) is 0 Å². The van der Waals surface area contributed by atoms with Crippen LogP contribution >= 0.6 is 0 Å². The lowest BCUT2D eigenvalue weighted by Crippen LogP contribution is -2.63. The second-order valence-electron chi connectivity index (χ2n) is 12.3. The number of piperazine rings is 1. The fraction of sp³-hybridized carbons (Fsp3) is 0.314. The van der Waals surface area contributed by atoms with Gasteiger partial charge in [-0.15, -0.1) is 0 Å². The Morgan fingerprint density at radius 1 is 0.923 bits per heavy atom. The second-order valence-corrected chi connectivity index (χ2v) is 14.2. The normalized spacial score (nSPS) is 18.2. The van der Waals surface area contributed by atoms with Gasteiger partial charge >= 0.3 is 10.9 Å². The number of nitrogens with one attached hydrogen (secondary N) is 1. The van der Waals surface area contributed by atoms with Crippen LogP contribution in [0, 0.1) is 5.21 Å². The molecule has 1 fully saturated rings. The predicted octanol–water partition coefficient (Wildman–Crippen LogP) is 2.15. The minimum atomic E-state index is -4.23.